The maximum atomic E-state index is 12.5. The van der Waals surface area contributed by atoms with E-state index in [1.165, 1.54) is 4.88 Å². The van der Waals surface area contributed by atoms with Gasteiger partial charge in [-0.2, -0.15) is 5.26 Å². The Hall–Kier alpha value is -2.32. The molecule has 1 aromatic carbocycles. The van der Waals surface area contributed by atoms with E-state index in [0.717, 1.165) is 43.6 Å². The van der Waals surface area contributed by atoms with Crippen LogP contribution in [0.25, 0.3) is 0 Å². The van der Waals surface area contributed by atoms with Gasteiger partial charge in [0, 0.05) is 29.2 Å². The molecule has 0 atom stereocenters. The Labute approximate surface area is 146 Å². The van der Waals surface area contributed by atoms with Crippen LogP contribution >= 0.6 is 11.3 Å². The van der Waals surface area contributed by atoms with Crippen LogP contribution in [0.3, 0.4) is 0 Å². The second-order valence-corrected chi connectivity index (χ2v) is 6.95. The molecule has 0 radical (unpaired) electrons. The van der Waals surface area contributed by atoms with E-state index in [2.05, 4.69) is 30.1 Å². The van der Waals surface area contributed by atoms with E-state index >= 15 is 0 Å². The average Bonchev–Trinajstić information content (AvgIpc) is 3.17. The Kier molecular flexibility index (Phi) is 4.86. The summed E-state index contributed by atoms with van der Waals surface area (Å²) in [6.07, 6.45) is 3.07. The quantitative estimate of drug-likeness (QED) is 0.888. The summed E-state index contributed by atoms with van der Waals surface area (Å²) < 4.78 is 0. The molecular formula is C19H21N3OS. The van der Waals surface area contributed by atoms with Gasteiger partial charge in [-0.25, -0.2) is 0 Å². The second kappa shape index (κ2) is 7.06. The summed E-state index contributed by atoms with van der Waals surface area (Å²) in [5.41, 5.74) is 3.52. The summed E-state index contributed by atoms with van der Waals surface area (Å²) in [4.78, 5) is 16.0. The Morgan fingerprint density at radius 1 is 1.25 bits per heavy atom. The van der Waals surface area contributed by atoms with Gasteiger partial charge in [-0.15, -0.1) is 11.3 Å². The van der Waals surface area contributed by atoms with Crippen molar-refractivity contribution in [3.63, 3.8) is 0 Å². The normalized spacial score (nSPS) is 12.5. The van der Waals surface area contributed by atoms with Crippen molar-refractivity contribution in [2.45, 2.75) is 33.1 Å². The van der Waals surface area contributed by atoms with Crippen molar-refractivity contribution in [2.75, 3.05) is 23.3 Å². The number of hydrogen-bond donors (Lipinski definition) is 1. The Balaban J connectivity index is 1.77. The molecule has 0 bridgehead atoms. The van der Waals surface area contributed by atoms with Crippen LogP contribution in [-0.4, -0.2) is 19.0 Å². The number of carbonyl (C=O) groups is 1. The third kappa shape index (κ3) is 3.02. The van der Waals surface area contributed by atoms with Crippen LogP contribution in [-0.2, 0) is 12.8 Å². The van der Waals surface area contributed by atoms with Gasteiger partial charge in [0.25, 0.3) is 5.91 Å². The minimum Gasteiger partial charge on any atom is -0.372 e. The largest absolute Gasteiger partial charge is 0.372 e. The molecule has 1 amide bonds. The number of thiophene rings is 1. The number of nitrogens with one attached hydrogen (secondary N) is 1. The molecular weight excluding hydrogens is 318 g/mol. The number of amides is 1. The summed E-state index contributed by atoms with van der Waals surface area (Å²) in [7, 11) is 0. The van der Waals surface area contributed by atoms with Crippen LogP contribution < -0.4 is 10.2 Å². The highest BCUT2D eigenvalue weighted by atomic mass is 32.1. The number of benzene rings is 1. The maximum Gasteiger partial charge on any atom is 0.256 e. The van der Waals surface area contributed by atoms with Gasteiger partial charge >= 0.3 is 0 Å². The molecule has 2 aromatic rings. The first-order valence-corrected chi connectivity index (χ1v) is 9.20. The van der Waals surface area contributed by atoms with E-state index < -0.39 is 0 Å². The molecule has 0 saturated heterocycles. The van der Waals surface area contributed by atoms with Gasteiger partial charge in [0.05, 0.1) is 5.56 Å². The van der Waals surface area contributed by atoms with E-state index in [4.69, 9.17) is 0 Å². The highest BCUT2D eigenvalue weighted by molar-refractivity contribution is 7.16. The smallest absolute Gasteiger partial charge is 0.256 e. The molecule has 24 heavy (non-hydrogen) atoms. The minimum absolute atomic E-state index is 0.155. The van der Waals surface area contributed by atoms with Crippen molar-refractivity contribution < 1.29 is 4.79 Å². The number of hydrogen-bond acceptors (Lipinski definition) is 4. The van der Waals surface area contributed by atoms with Gasteiger partial charge < -0.3 is 10.2 Å². The fourth-order valence-corrected chi connectivity index (χ4v) is 4.43. The molecule has 0 saturated carbocycles. The summed E-state index contributed by atoms with van der Waals surface area (Å²) >= 11 is 1.55. The first-order chi connectivity index (χ1) is 11.7. The molecule has 0 spiro atoms. The second-order valence-electron chi connectivity index (χ2n) is 5.85. The van der Waals surface area contributed by atoms with E-state index in [9.17, 15) is 10.1 Å². The summed E-state index contributed by atoms with van der Waals surface area (Å²) in [6, 6.07) is 9.90. The van der Waals surface area contributed by atoms with Crippen molar-refractivity contribution in [3.8, 4) is 6.07 Å². The number of nitrogens with zero attached hydrogens (tertiary/aromatic N) is 2. The number of aryl methyl sites for hydroxylation is 1. The number of rotatable bonds is 5. The van der Waals surface area contributed by atoms with Crippen LogP contribution in [0, 0.1) is 11.3 Å². The molecule has 1 aromatic heterocycles. The Bertz CT molecular complexity index is 782. The van der Waals surface area contributed by atoms with Crippen LogP contribution in [0.1, 0.15) is 46.6 Å². The fourth-order valence-electron chi connectivity index (χ4n) is 3.20. The van der Waals surface area contributed by atoms with Crippen molar-refractivity contribution >= 4 is 27.9 Å². The number of nitriles is 1. The lowest BCUT2D eigenvalue weighted by atomic mass is 10.1. The van der Waals surface area contributed by atoms with Crippen LogP contribution in [0.2, 0.25) is 0 Å². The molecule has 1 aliphatic carbocycles. The molecule has 124 valence electrons. The average molecular weight is 339 g/mol. The predicted molar refractivity (Wildman–Crippen MR) is 99.0 cm³/mol. The van der Waals surface area contributed by atoms with Gasteiger partial charge in [0.1, 0.15) is 11.1 Å². The summed E-state index contributed by atoms with van der Waals surface area (Å²) in [5, 5.41) is 13.0. The van der Waals surface area contributed by atoms with Crippen LogP contribution in [0.15, 0.2) is 24.3 Å². The third-order valence-corrected chi connectivity index (χ3v) is 5.73. The minimum atomic E-state index is -0.155. The van der Waals surface area contributed by atoms with Crippen molar-refractivity contribution in [2.24, 2.45) is 0 Å². The molecule has 4 nitrogen and oxygen atoms in total. The highest BCUT2D eigenvalue weighted by Crippen LogP contribution is 2.38. The monoisotopic (exact) mass is 339 g/mol. The summed E-state index contributed by atoms with van der Waals surface area (Å²) in [5.74, 6) is -0.155. The topological polar surface area (TPSA) is 56.1 Å². The zero-order valence-electron chi connectivity index (χ0n) is 14.1. The summed E-state index contributed by atoms with van der Waals surface area (Å²) in [6.45, 7) is 6.11. The SMILES string of the molecule is CCN(CC)c1ccc(C(=O)Nc2sc3c(c2C#N)CCC3)cc1. The number of carbonyl (C=O) groups excluding carboxylic acids is 1. The van der Waals surface area contributed by atoms with Gasteiger partial charge in [-0.3, -0.25) is 4.79 Å². The molecule has 3 rings (SSSR count). The predicted octanol–water partition coefficient (Wildman–Crippen LogP) is 4.21. The van der Waals surface area contributed by atoms with Gasteiger partial charge in [0.2, 0.25) is 0 Å². The van der Waals surface area contributed by atoms with Crippen molar-refractivity contribution in [1.82, 2.24) is 0 Å². The molecule has 0 unspecified atom stereocenters. The molecule has 5 heteroatoms. The molecule has 1 N–H and O–H groups in total. The van der Waals surface area contributed by atoms with Crippen molar-refractivity contribution in [1.29, 1.82) is 5.26 Å². The molecule has 0 fully saturated rings. The zero-order valence-corrected chi connectivity index (χ0v) is 14.9. The van der Waals surface area contributed by atoms with Gasteiger partial charge in [0.15, 0.2) is 0 Å². The molecule has 1 heterocycles. The van der Waals surface area contributed by atoms with Gasteiger partial charge in [-0.05, 0) is 62.9 Å². The van der Waals surface area contributed by atoms with Crippen LogP contribution in [0.5, 0.6) is 0 Å². The van der Waals surface area contributed by atoms with Crippen molar-refractivity contribution in [3.05, 3.63) is 45.8 Å². The van der Waals surface area contributed by atoms with E-state index in [1.54, 1.807) is 11.3 Å². The van der Waals surface area contributed by atoms with E-state index in [1.807, 2.05) is 24.3 Å². The Morgan fingerprint density at radius 3 is 2.58 bits per heavy atom. The molecule has 0 aliphatic heterocycles. The lowest BCUT2D eigenvalue weighted by Crippen LogP contribution is -2.21. The standard InChI is InChI=1S/C19H21N3OS/c1-3-22(4-2)14-10-8-13(9-11-14)18(23)21-19-16(12-20)15-6-5-7-17(15)24-19/h8-11H,3-7H2,1-2H3,(H,21,23). The highest BCUT2D eigenvalue weighted by Gasteiger charge is 2.23. The fraction of sp³-hybridized carbons (Fsp3) is 0.368. The zero-order chi connectivity index (χ0) is 17.1. The lowest BCUT2D eigenvalue weighted by molar-refractivity contribution is 0.102. The number of anilines is 2. The van der Waals surface area contributed by atoms with E-state index in [-0.39, 0.29) is 5.91 Å². The Morgan fingerprint density at radius 2 is 1.96 bits per heavy atom. The van der Waals surface area contributed by atoms with E-state index in [0.29, 0.717) is 16.1 Å². The molecule has 1 aliphatic rings. The maximum absolute atomic E-state index is 12.5. The number of fused-ring (bicyclic) bond motifs is 1. The van der Waals surface area contributed by atoms with Gasteiger partial charge in [-0.1, -0.05) is 0 Å². The van der Waals surface area contributed by atoms with Crippen LogP contribution in [0.4, 0.5) is 10.7 Å². The lowest BCUT2D eigenvalue weighted by Gasteiger charge is -2.21. The third-order valence-electron chi connectivity index (χ3n) is 4.52. The first kappa shape index (κ1) is 16.5. The first-order valence-electron chi connectivity index (χ1n) is 8.38.